The first kappa shape index (κ1) is 18.2. The largest absolute Gasteiger partial charge is 0.438 e. The second-order valence-electron chi connectivity index (χ2n) is 6.13. The number of hydrogen-bond donors (Lipinski definition) is 3. The molecule has 0 bridgehead atoms. The fourth-order valence-electron chi connectivity index (χ4n) is 2.67. The van der Waals surface area contributed by atoms with Crippen molar-refractivity contribution in [1.29, 1.82) is 0 Å². The number of primary amides is 1. The number of nitrogens with two attached hydrogens (primary N) is 1. The van der Waals surface area contributed by atoms with Crippen LogP contribution in [0.1, 0.15) is 16.8 Å². The Balaban J connectivity index is 1.64. The van der Waals surface area contributed by atoms with Crippen molar-refractivity contribution in [2.24, 2.45) is 5.73 Å². The molecule has 0 aliphatic carbocycles. The summed E-state index contributed by atoms with van der Waals surface area (Å²) in [6, 6.07) is 9.33. The van der Waals surface area contributed by atoms with Crippen LogP contribution in [0.3, 0.4) is 0 Å². The maximum atomic E-state index is 12.2. The van der Waals surface area contributed by atoms with Gasteiger partial charge < -0.3 is 25.8 Å². The van der Waals surface area contributed by atoms with E-state index in [1.54, 1.807) is 36.4 Å². The second kappa shape index (κ2) is 7.35. The zero-order chi connectivity index (χ0) is 19.4. The van der Waals surface area contributed by atoms with Crippen LogP contribution in [0.25, 0.3) is 0 Å². The van der Waals surface area contributed by atoms with Crippen LogP contribution in [0, 0.1) is 12.3 Å². The smallest absolute Gasteiger partial charge is 0.322 e. The van der Waals surface area contributed by atoms with E-state index in [-0.39, 0.29) is 24.0 Å². The van der Waals surface area contributed by atoms with Gasteiger partial charge in [0, 0.05) is 19.0 Å². The first-order valence-electron chi connectivity index (χ1n) is 8.19. The average Bonchev–Trinajstić information content (AvgIpc) is 3.07. The predicted molar refractivity (Wildman–Crippen MR) is 98.3 cm³/mol. The van der Waals surface area contributed by atoms with Crippen LogP contribution in [0.15, 0.2) is 42.6 Å². The van der Waals surface area contributed by atoms with Crippen molar-refractivity contribution < 1.29 is 19.4 Å². The highest BCUT2D eigenvalue weighted by atomic mass is 16.5. The number of amides is 3. The Morgan fingerprint density at radius 1 is 1.33 bits per heavy atom. The van der Waals surface area contributed by atoms with Gasteiger partial charge in [-0.3, -0.25) is 4.79 Å². The molecule has 3 amide bonds. The lowest BCUT2D eigenvalue weighted by molar-refractivity contribution is 0.0998. The first-order valence-corrected chi connectivity index (χ1v) is 8.19. The fraction of sp³-hybridized carbons (Fsp3) is 0.211. The number of rotatable bonds is 4. The molecule has 27 heavy (non-hydrogen) atoms. The molecule has 8 nitrogen and oxygen atoms in total. The van der Waals surface area contributed by atoms with E-state index in [2.05, 4.69) is 16.2 Å². The summed E-state index contributed by atoms with van der Waals surface area (Å²) < 4.78 is 5.58. The highest BCUT2D eigenvalue weighted by Gasteiger charge is 2.36. The number of nitrogens with one attached hydrogen (secondary N) is 1. The summed E-state index contributed by atoms with van der Waals surface area (Å²) in [6.45, 7) is 0.443. The van der Waals surface area contributed by atoms with E-state index in [1.165, 1.54) is 11.1 Å². The molecule has 2 aromatic rings. The van der Waals surface area contributed by atoms with Gasteiger partial charge in [-0.1, -0.05) is 18.1 Å². The molecule has 3 rings (SSSR count). The minimum absolute atomic E-state index is 0.0772. The third kappa shape index (κ3) is 4.16. The molecule has 0 saturated carbocycles. The number of urea groups is 1. The minimum Gasteiger partial charge on any atom is -0.438 e. The van der Waals surface area contributed by atoms with Crippen molar-refractivity contribution >= 4 is 17.6 Å². The van der Waals surface area contributed by atoms with Gasteiger partial charge in [-0.15, -0.1) is 6.42 Å². The maximum absolute atomic E-state index is 12.2. The maximum Gasteiger partial charge on any atom is 0.322 e. The summed E-state index contributed by atoms with van der Waals surface area (Å²) in [7, 11) is 0. The van der Waals surface area contributed by atoms with Crippen LogP contribution in [-0.2, 0) is 0 Å². The summed E-state index contributed by atoms with van der Waals surface area (Å²) in [6.07, 6.45) is 7.04. The predicted octanol–water partition coefficient (Wildman–Crippen LogP) is 1.57. The number of carbonyl (C=O) groups excluding carboxylic acids is 2. The number of anilines is 1. The van der Waals surface area contributed by atoms with Crippen LogP contribution in [-0.4, -0.2) is 45.6 Å². The summed E-state index contributed by atoms with van der Waals surface area (Å²) in [5.74, 6) is 2.23. The van der Waals surface area contributed by atoms with Crippen LogP contribution in [0.2, 0.25) is 0 Å². The van der Waals surface area contributed by atoms with Crippen LogP contribution < -0.4 is 15.8 Å². The van der Waals surface area contributed by atoms with E-state index >= 15 is 0 Å². The van der Waals surface area contributed by atoms with Gasteiger partial charge in [-0.05, 0) is 18.2 Å². The van der Waals surface area contributed by atoms with E-state index in [0.717, 1.165) is 0 Å². The van der Waals surface area contributed by atoms with Crippen LogP contribution >= 0.6 is 0 Å². The molecule has 1 aliphatic heterocycles. The topological polar surface area (TPSA) is 118 Å². The number of aromatic nitrogens is 1. The van der Waals surface area contributed by atoms with Crippen LogP contribution in [0.5, 0.6) is 11.6 Å². The quantitative estimate of drug-likeness (QED) is 0.710. The lowest BCUT2D eigenvalue weighted by Gasteiger charge is -2.19. The zero-order valence-corrected chi connectivity index (χ0v) is 14.4. The second-order valence-corrected chi connectivity index (χ2v) is 6.13. The number of likely N-dealkylation sites (tertiary alicyclic amines) is 1. The molecule has 1 atom stereocenters. The number of para-hydroxylation sites is 1. The molecule has 1 aliphatic rings. The first-order chi connectivity index (χ1) is 12.9. The molecule has 0 radical (unpaired) electrons. The van der Waals surface area contributed by atoms with Gasteiger partial charge in [-0.2, -0.15) is 0 Å². The fourth-order valence-corrected chi connectivity index (χ4v) is 2.67. The Bertz CT molecular complexity index is 907. The Hall–Kier alpha value is -3.57. The van der Waals surface area contributed by atoms with E-state index in [4.69, 9.17) is 16.9 Å². The van der Waals surface area contributed by atoms with Gasteiger partial charge >= 0.3 is 6.03 Å². The molecule has 1 fully saturated rings. The van der Waals surface area contributed by atoms with E-state index in [9.17, 15) is 14.7 Å². The molecule has 138 valence electrons. The number of pyridine rings is 1. The number of aliphatic hydroxyl groups is 1. The van der Waals surface area contributed by atoms with Crippen molar-refractivity contribution in [2.75, 3.05) is 18.4 Å². The molecule has 1 unspecified atom stereocenters. The molecule has 0 spiro atoms. The Morgan fingerprint density at radius 3 is 2.74 bits per heavy atom. The van der Waals surface area contributed by atoms with Crippen molar-refractivity contribution in [3.05, 3.63) is 48.2 Å². The third-order valence-electron chi connectivity index (χ3n) is 4.16. The van der Waals surface area contributed by atoms with Crippen molar-refractivity contribution in [1.82, 2.24) is 9.88 Å². The van der Waals surface area contributed by atoms with Crippen molar-refractivity contribution in [3.8, 4) is 24.0 Å². The van der Waals surface area contributed by atoms with Gasteiger partial charge in [0.05, 0.1) is 24.0 Å². The lowest BCUT2D eigenvalue weighted by Crippen LogP contribution is -2.37. The Morgan fingerprint density at radius 2 is 2.11 bits per heavy atom. The highest BCUT2D eigenvalue weighted by molar-refractivity contribution is 5.95. The number of terminal acetylenes is 1. The summed E-state index contributed by atoms with van der Waals surface area (Å²) in [5, 5.41) is 12.7. The van der Waals surface area contributed by atoms with E-state index in [1.807, 2.05) is 0 Å². The van der Waals surface area contributed by atoms with Gasteiger partial charge in [0.1, 0.15) is 11.4 Å². The number of β-amino-alcohol motifs (C(OH)–C–C–N with tert-alkyl or cyclic N) is 1. The lowest BCUT2D eigenvalue weighted by atomic mass is 10.1. The number of ether oxygens (including phenoxy) is 1. The molecule has 8 heteroatoms. The number of carbonyl (C=O) groups is 2. The van der Waals surface area contributed by atoms with Crippen molar-refractivity contribution in [3.63, 3.8) is 0 Å². The molecule has 1 aromatic carbocycles. The van der Waals surface area contributed by atoms with E-state index < -0.39 is 11.5 Å². The third-order valence-corrected chi connectivity index (χ3v) is 4.16. The Kier molecular flexibility index (Phi) is 4.96. The highest BCUT2D eigenvalue weighted by Crippen LogP contribution is 2.25. The monoisotopic (exact) mass is 366 g/mol. The van der Waals surface area contributed by atoms with Crippen LogP contribution in [0.4, 0.5) is 10.5 Å². The minimum atomic E-state index is -1.28. The molecular formula is C19H18N4O4. The number of nitrogens with zero attached hydrogens (tertiary/aromatic N) is 2. The Labute approximate surface area is 156 Å². The van der Waals surface area contributed by atoms with Gasteiger partial charge in [-0.25, -0.2) is 9.78 Å². The molecule has 2 heterocycles. The average molecular weight is 366 g/mol. The zero-order valence-electron chi connectivity index (χ0n) is 14.4. The summed E-state index contributed by atoms with van der Waals surface area (Å²) >= 11 is 0. The summed E-state index contributed by atoms with van der Waals surface area (Å²) in [5.41, 5.74) is 4.73. The molecular weight excluding hydrogens is 348 g/mol. The van der Waals surface area contributed by atoms with Crippen molar-refractivity contribution in [2.45, 2.75) is 12.0 Å². The molecule has 1 saturated heterocycles. The number of benzene rings is 1. The SMILES string of the molecule is C#CC1(O)CCN(C(=O)Nc2ccc(Oc3ccccc3C(N)=O)nc2)C1. The number of hydrogen-bond acceptors (Lipinski definition) is 5. The van der Waals surface area contributed by atoms with E-state index in [0.29, 0.717) is 24.4 Å². The normalized spacial score (nSPS) is 18.6. The van der Waals surface area contributed by atoms with Gasteiger partial charge in [0.2, 0.25) is 5.88 Å². The summed E-state index contributed by atoms with van der Waals surface area (Å²) in [4.78, 5) is 29.2. The van der Waals surface area contributed by atoms with Gasteiger partial charge in [0.25, 0.3) is 5.91 Å². The standard InChI is InChI=1S/C19H18N4O4/c1-2-19(26)9-10-23(12-19)18(25)22-13-7-8-16(21-11-13)27-15-6-4-3-5-14(15)17(20)24/h1,3-8,11,26H,9-10,12H2,(H2,20,24)(H,22,25). The van der Waals surface area contributed by atoms with Gasteiger partial charge in [0.15, 0.2) is 0 Å². The molecule has 1 aromatic heterocycles. The molecule has 4 N–H and O–H groups in total.